The van der Waals surface area contributed by atoms with Crippen molar-refractivity contribution in [3.8, 4) is 0 Å². The summed E-state index contributed by atoms with van der Waals surface area (Å²) in [4.78, 5) is 0.230. The van der Waals surface area contributed by atoms with E-state index in [1.165, 1.54) is 6.20 Å². The van der Waals surface area contributed by atoms with E-state index < -0.39 is 10.0 Å². The lowest BCUT2D eigenvalue weighted by Crippen LogP contribution is -2.24. The molecule has 6 nitrogen and oxygen atoms in total. The van der Waals surface area contributed by atoms with E-state index in [0.717, 1.165) is 19.4 Å². The first kappa shape index (κ1) is 16.1. The molecule has 0 unspecified atom stereocenters. The second kappa shape index (κ2) is 7.62. The molecular weight excluding hydrogens is 264 g/mol. The Morgan fingerprint density at radius 1 is 1.37 bits per heavy atom. The smallest absolute Gasteiger partial charge is 0.243 e. The molecule has 7 heteroatoms. The first-order valence-electron chi connectivity index (χ1n) is 6.62. The summed E-state index contributed by atoms with van der Waals surface area (Å²) in [6.07, 6.45) is 4.82. The van der Waals surface area contributed by atoms with E-state index in [-0.39, 0.29) is 4.90 Å². The largest absolute Gasteiger partial charge is 0.318 e. The van der Waals surface area contributed by atoms with E-state index in [2.05, 4.69) is 29.0 Å². The summed E-state index contributed by atoms with van der Waals surface area (Å²) in [6.45, 7) is 6.13. The Morgan fingerprint density at radius 2 is 2.11 bits per heavy atom. The number of likely N-dealkylation sites (N-methyl/N-ethyl adjacent to an activating group) is 1. The van der Waals surface area contributed by atoms with Crippen LogP contribution in [0, 0.1) is 5.92 Å². The SMILES string of the molecule is CNCCn1cc(S(=O)(=O)NCCCC(C)C)cn1. The van der Waals surface area contributed by atoms with E-state index in [9.17, 15) is 8.42 Å². The molecule has 0 aliphatic heterocycles. The molecule has 1 rings (SSSR count). The molecule has 0 saturated heterocycles. The molecule has 1 aromatic rings. The van der Waals surface area contributed by atoms with E-state index >= 15 is 0 Å². The van der Waals surface area contributed by atoms with Crippen molar-refractivity contribution in [2.45, 2.75) is 38.1 Å². The first-order chi connectivity index (χ1) is 8.95. The van der Waals surface area contributed by atoms with E-state index in [4.69, 9.17) is 0 Å². The van der Waals surface area contributed by atoms with Crippen LogP contribution in [0.4, 0.5) is 0 Å². The maximum absolute atomic E-state index is 12.0. The summed E-state index contributed by atoms with van der Waals surface area (Å²) < 4.78 is 28.2. The number of hydrogen-bond acceptors (Lipinski definition) is 4. The van der Waals surface area contributed by atoms with Gasteiger partial charge in [-0.1, -0.05) is 13.8 Å². The quantitative estimate of drug-likeness (QED) is 0.660. The summed E-state index contributed by atoms with van der Waals surface area (Å²) in [5.74, 6) is 0.591. The Morgan fingerprint density at radius 3 is 2.74 bits per heavy atom. The number of nitrogens with zero attached hydrogens (tertiary/aromatic N) is 2. The van der Waals surface area contributed by atoms with Crippen molar-refractivity contribution >= 4 is 10.0 Å². The minimum absolute atomic E-state index is 0.230. The molecule has 19 heavy (non-hydrogen) atoms. The third-order valence-corrected chi connectivity index (χ3v) is 4.18. The van der Waals surface area contributed by atoms with Gasteiger partial charge in [-0.15, -0.1) is 0 Å². The normalized spacial score (nSPS) is 12.2. The van der Waals surface area contributed by atoms with Gasteiger partial charge in [0.2, 0.25) is 10.0 Å². The average molecular weight is 288 g/mol. The topological polar surface area (TPSA) is 76.0 Å². The minimum atomic E-state index is -3.42. The number of hydrogen-bond donors (Lipinski definition) is 2. The van der Waals surface area contributed by atoms with E-state index in [1.54, 1.807) is 10.9 Å². The molecular formula is C12H24N4O2S. The summed E-state index contributed by atoms with van der Waals surface area (Å²) in [6, 6.07) is 0. The molecule has 1 heterocycles. The zero-order valence-electron chi connectivity index (χ0n) is 11.9. The van der Waals surface area contributed by atoms with Crippen LogP contribution in [-0.4, -0.2) is 38.3 Å². The highest BCUT2D eigenvalue weighted by Gasteiger charge is 2.15. The summed E-state index contributed by atoms with van der Waals surface area (Å²) >= 11 is 0. The van der Waals surface area contributed by atoms with Crippen molar-refractivity contribution < 1.29 is 8.42 Å². The maximum atomic E-state index is 12.0. The van der Waals surface area contributed by atoms with Gasteiger partial charge in [-0.25, -0.2) is 13.1 Å². The predicted octanol–water partition coefficient (Wildman–Crippen LogP) is 0.817. The predicted molar refractivity (Wildman–Crippen MR) is 75.4 cm³/mol. The number of aromatic nitrogens is 2. The molecule has 0 aromatic carbocycles. The van der Waals surface area contributed by atoms with Crippen molar-refractivity contribution in [2.24, 2.45) is 5.92 Å². The van der Waals surface area contributed by atoms with Gasteiger partial charge in [-0.05, 0) is 25.8 Å². The molecule has 0 radical (unpaired) electrons. The molecule has 0 atom stereocenters. The second-order valence-corrected chi connectivity index (χ2v) is 6.74. The Bertz CT molecular complexity index is 468. The van der Waals surface area contributed by atoms with Gasteiger partial charge in [0.15, 0.2) is 0 Å². The van der Waals surface area contributed by atoms with Gasteiger partial charge in [0.05, 0.1) is 12.7 Å². The van der Waals surface area contributed by atoms with Crippen molar-refractivity contribution in [3.63, 3.8) is 0 Å². The van der Waals surface area contributed by atoms with Crippen LogP contribution in [0.5, 0.6) is 0 Å². The highest BCUT2D eigenvalue weighted by molar-refractivity contribution is 7.89. The molecule has 0 saturated carbocycles. The fourth-order valence-electron chi connectivity index (χ4n) is 1.63. The van der Waals surface area contributed by atoms with Gasteiger partial charge in [0, 0.05) is 19.3 Å². The van der Waals surface area contributed by atoms with Gasteiger partial charge >= 0.3 is 0 Å². The van der Waals surface area contributed by atoms with E-state index in [1.807, 2.05) is 7.05 Å². The fraction of sp³-hybridized carbons (Fsp3) is 0.750. The van der Waals surface area contributed by atoms with Crippen molar-refractivity contribution in [1.82, 2.24) is 19.8 Å². The number of nitrogens with one attached hydrogen (secondary N) is 2. The zero-order chi connectivity index (χ0) is 14.3. The molecule has 0 amide bonds. The van der Waals surface area contributed by atoms with Crippen LogP contribution in [0.25, 0.3) is 0 Å². The van der Waals surface area contributed by atoms with Crippen LogP contribution in [0.15, 0.2) is 17.3 Å². The third-order valence-electron chi connectivity index (χ3n) is 2.76. The Hall–Kier alpha value is -0.920. The maximum Gasteiger partial charge on any atom is 0.243 e. The Kier molecular flexibility index (Phi) is 6.47. The van der Waals surface area contributed by atoms with Crippen LogP contribution in [-0.2, 0) is 16.6 Å². The number of sulfonamides is 1. The molecule has 110 valence electrons. The van der Waals surface area contributed by atoms with Gasteiger partial charge < -0.3 is 5.32 Å². The first-order valence-corrected chi connectivity index (χ1v) is 8.10. The Balaban J connectivity index is 2.50. The molecule has 0 aliphatic rings. The van der Waals surface area contributed by atoms with Crippen LogP contribution in [0.1, 0.15) is 26.7 Å². The summed E-state index contributed by atoms with van der Waals surface area (Å²) in [5, 5.41) is 7.02. The van der Waals surface area contributed by atoms with Gasteiger partial charge in [0.25, 0.3) is 0 Å². The number of rotatable bonds is 9. The van der Waals surface area contributed by atoms with Gasteiger partial charge in [-0.3, -0.25) is 4.68 Å². The standard InChI is InChI=1S/C12H24N4O2S/c1-11(2)5-4-6-15-19(17,18)12-9-14-16(10-12)8-7-13-3/h9-11,13,15H,4-8H2,1-3H3. The lowest BCUT2D eigenvalue weighted by Gasteiger charge is -2.06. The molecule has 0 aliphatic carbocycles. The lowest BCUT2D eigenvalue weighted by molar-refractivity contribution is 0.539. The average Bonchev–Trinajstić information content (AvgIpc) is 2.81. The van der Waals surface area contributed by atoms with Gasteiger partial charge in [0.1, 0.15) is 4.90 Å². The summed E-state index contributed by atoms with van der Waals surface area (Å²) in [5.41, 5.74) is 0. The van der Waals surface area contributed by atoms with Crippen LogP contribution in [0.2, 0.25) is 0 Å². The molecule has 0 bridgehead atoms. The molecule has 0 spiro atoms. The van der Waals surface area contributed by atoms with Crippen LogP contribution < -0.4 is 10.0 Å². The molecule has 1 aromatic heterocycles. The summed E-state index contributed by atoms with van der Waals surface area (Å²) in [7, 11) is -1.57. The third kappa shape index (κ3) is 5.71. The van der Waals surface area contributed by atoms with Crippen molar-refractivity contribution in [1.29, 1.82) is 0 Å². The lowest BCUT2D eigenvalue weighted by atomic mass is 10.1. The zero-order valence-corrected chi connectivity index (χ0v) is 12.7. The monoisotopic (exact) mass is 288 g/mol. The Labute approximate surface area is 115 Å². The molecule has 0 fully saturated rings. The highest BCUT2D eigenvalue weighted by Crippen LogP contribution is 2.08. The second-order valence-electron chi connectivity index (χ2n) is 4.98. The minimum Gasteiger partial charge on any atom is -0.318 e. The molecule has 2 N–H and O–H groups in total. The van der Waals surface area contributed by atoms with Crippen molar-refractivity contribution in [2.75, 3.05) is 20.1 Å². The van der Waals surface area contributed by atoms with Crippen molar-refractivity contribution in [3.05, 3.63) is 12.4 Å². The van der Waals surface area contributed by atoms with Gasteiger partial charge in [-0.2, -0.15) is 5.10 Å². The van der Waals surface area contributed by atoms with E-state index in [0.29, 0.717) is 19.0 Å². The highest BCUT2D eigenvalue weighted by atomic mass is 32.2. The van der Waals surface area contributed by atoms with Crippen LogP contribution >= 0.6 is 0 Å². The fourth-order valence-corrected chi connectivity index (χ4v) is 2.66. The van der Waals surface area contributed by atoms with Crippen LogP contribution in [0.3, 0.4) is 0 Å².